The van der Waals surface area contributed by atoms with Gasteiger partial charge in [0.2, 0.25) is 5.76 Å². The third kappa shape index (κ3) is 4.30. The minimum atomic E-state index is -0.247. The molecule has 7 heteroatoms. The molecule has 156 valence electrons. The monoisotopic (exact) mass is 407 g/mol. The zero-order valence-electron chi connectivity index (χ0n) is 16.9. The number of nitrogens with zero attached hydrogens (tertiary/aromatic N) is 2. The first-order valence-electron chi connectivity index (χ1n) is 10.2. The minimum Gasteiger partial charge on any atom is -0.491 e. The molecule has 1 saturated heterocycles. The van der Waals surface area contributed by atoms with Crippen LogP contribution in [0, 0.1) is 0 Å². The number of ether oxygens (including phenoxy) is 2. The summed E-state index contributed by atoms with van der Waals surface area (Å²) in [5, 5.41) is 3.10. The molecule has 0 bridgehead atoms. The summed E-state index contributed by atoms with van der Waals surface area (Å²) in [6, 6.07) is 15.1. The maximum atomic E-state index is 13.0. The number of benzene rings is 1. The Hall–Kier alpha value is -3.35. The van der Waals surface area contributed by atoms with Crippen molar-refractivity contribution in [1.29, 1.82) is 0 Å². The van der Waals surface area contributed by atoms with Gasteiger partial charge >= 0.3 is 0 Å². The van der Waals surface area contributed by atoms with E-state index in [9.17, 15) is 9.59 Å². The molecular formula is C23H25N3O4. The summed E-state index contributed by atoms with van der Waals surface area (Å²) in [5.74, 6) is 0.417. The van der Waals surface area contributed by atoms with Gasteiger partial charge in [-0.05, 0) is 31.0 Å². The number of carbonyl (C=O) groups is 2. The number of hydrogen-bond acceptors (Lipinski definition) is 5. The maximum absolute atomic E-state index is 13.0. The van der Waals surface area contributed by atoms with Crippen LogP contribution in [0.1, 0.15) is 35.3 Å². The molecule has 7 nitrogen and oxygen atoms in total. The van der Waals surface area contributed by atoms with Crippen LogP contribution in [0.3, 0.4) is 0 Å². The van der Waals surface area contributed by atoms with Crippen LogP contribution in [0.4, 0.5) is 0 Å². The van der Waals surface area contributed by atoms with Crippen molar-refractivity contribution in [2.75, 3.05) is 26.3 Å². The van der Waals surface area contributed by atoms with Crippen molar-refractivity contribution in [2.45, 2.75) is 25.3 Å². The third-order valence-corrected chi connectivity index (χ3v) is 5.50. The van der Waals surface area contributed by atoms with Crippen molar-refractivity contribution in [3.63, 3.8) is 0 Å². The van der Waals surface area contributed by atoms with E-state index in [0.717, 1.165) is 12.0 Å². The summed E-state index contributed by atoms with van der Waals surface area (Å²) in [4.78, 5) is 31.7. The van der Waals surface area contributed by atoms with Crippen LogP contribution in [-0.2, 0) is 14.3 Å². The number of allylic oxidation sites excluding steroid dienone is 1. The summed E-state index contributed by atoms with van der Waals surface area (Å²) in [6.07, 6.45) is 2.33. The second kappa shape index (κ2) is 8.98. The first-order chi connectivity index (χ1) is 14.6. The van der Waals surface area contributed by atoms with Gasteiger partial charge in [-0.2, -0.15) is 0 Å². The summed E-state index contributed by atoms with van der Waals surface area (Å²) in [5.41, 5.74) is 1.50. The van der Waals surface area contributed by atoms with Crippen molar-refractivity contribution >= 4 is 11.8 Å². The molecule has 1 aromatic carbocycles. The van der Waals surface area contributed by atoms with Gasteiger partial charge in [0.25, 0.3) is 11.8 Å². The Kier molecular flexibility index (Phi) is 5.97. The number of nitrogens with one attached hydrogen (secondary N) is 1. The summed E-state index contributed by atoms with van der Waals surface area (Å²) in [7, 11) is 0. The van der Waals surface area contributed by atoms with Gasteiger partial charge in [0.05, 0.1) is 6.04 Å². The second-order valence-corrected chi connectivity index (χ2v) is 7.43. The number of hydrogen-bond donors (Lipinski definition) is 1. The lowest BCUT2D eigenvalue weighted by atomic mass is 9.85. The molecule has 0 radical (unpaired) electrons. The molecule has 2 aromatic rings. The van der Waals surface area contributed by atoms with E-state index in [0.29, 0.717) is 37.8 Å². The Balaban J connectivity index is 1.56. The molecule has 2 aliphatic heterocycles. The number of aromatic nitrogens is 1. The minimum absolute atomic E-state index is 0.0986. The molecule has 2 aliphatic rings. The van der Waals surface area contributed by atoms with Crippen LogP contribution in [-0.4, -0.2) is 54.0 Å². The Morgan fingerprint density at radius 2 is 1.83 bits per heavy atom. The van der Waals surface area contributed by atoms with Crippen LogP contribution < -0.4 is 5.32 Å². The fraction of sp³-hybridized carbons (Fsp3) is 0.348. The first kappa shape index (κ1) is 19.9. The average molecular weight is 407 g/mol. The van der Waals surface area contributed by atoms with Crippen molar-refractivity contribution in [1.82, 2.24) is 15.2 Å². The highest BCUT2D eigenvalue weighted by molar-refractivity contribution is 5.93. The number of piperidine rings is 1. The molecule has 0 spiro atoms. The lowest BCUT2D eigenvalue weighted by Gasteiger charge is -2.39. The summed E-state index contributed by atoms with van der Waals surface area (Å²) < 4.78 is 11.0. The van der Waals surface area contributed by atoms with Gasteiger partial charge in [0, 0.05) is 25.2 Å². The van der Waals surface area contributed by atoms with Crippen LogP contribution in [0.25, 0.3) is 0 Å². The number of pyridine rings is 1. The molecule has 2 amide bonds. The molecule has 1 N–H and O–H groups in total. The molecule has 1 aromatic heterocycles. The lowest BCUT2D eigenvalue weighted by Crippen LogP contribution is -2.53. The molecule has 1 fully saturated rings. The van der Waals surface area contributed by atoms with Crippen molar-refractivity contribution < 1.29 is 19.1 Å². The predicted octanol–water partition coefficient (Wildman–Crippen LogP) is 2.47. The smallest absolute Gasteiger partial charge is 0.292 e. The zero-order chi connectivity index (χ0) is 20.9. The molecule has 3 heterocycles. The Morgan fingerprint density at radius 1 is 1.07 bits per heavy atom. The number of rotatable bonds is 4. The van der Waals surface area contributed by atoms with E-state index in [2.05, 4.69) is 22.4 Å². The van der Waals surface area contributed by atoms with Gasteiger partial charge in [-0.3, -0.25) is 14.6 Å². The topological polar surface area (TPSA) is 80.8 Å². The van der Waals surface area contributed by atoms with E-state index in [4.69, 9.17) is 9.47 Å². The van der Waals surface area contributed by atoms with E-state index in [1.165, 1.54) is 0 Å². The van der Waals surface area contributed by atoms with E-state index in [1.807, 2.05) is 18.2 Å². The van der Waals surface area contributed by atoms with Crippen LogP contribution in [0.5, 0.6) is 0 Å². The number of amides is 2. The second-order valence-electron chi connectivity index (χ2n) is 7.43. The fourth-order valence-electron chi connectivity index (χ4n) is 3.98. The normalized spacial score (nSPS) is 21.4. The van der Waals surface area contributed by atoms with E-state index in [-0.39, 0.29) is 29.5 Å². The summed E-state index contributed by atoms with van der Waals surface area (Å²) >= 11 is 0. The average Bonchev–Trinajstić information content (AvgIpc) is 2.80. The summed E-state index contributed by atoms with van der Waals surface area (Å²) in [6.45, 7) is 3.51. The van der Waals surface area contributed by atoms with Crippen LogP contribution in [0.15, 0.2) is 66.2 Å². The van der Waals surface area contributed by atoms with Gasteiger partial charge in [-0.25, -0.2) is 0 Å². The van der Waals surface area contributed by atoms with Gasteiger partial charge in [0.1, 0.15) is 24.7 Å². The Labute approximate surface area is 175 Å². The Bertz CT molecular complexity index is 930. The SMILES string of the molecule is CC1=C(C(=O)N2CC[C@@H](c3ccccc3)[C@@H](NC(=O)c3ccccn3)C2)OCCO1. The molecule has 30 heavy (non-hydrogen) atoms. The number of carbonyl (C=O) groups excluding carboxylic acids is 2. The molecular weight excluding hydrogens is 382 g/mol. The highest BCUT2D eigenvalue weighted by Gasteiger charge is 2.36. The zero-order valence-corrected chi connectivity index (χ0v) is 16.9. The van der Waals surface area contributed by atoms with Crippen molar-refractivity contribution in [2.24, 2.45) is 0 Å². The van der Waals surface area contributed by atoms with Crippen molar-refractivity contribution in [3.05, 3.63) is 77.5 Å². The van der Waals surface area contributed by atoms with E-state index < -0.39 is 0 Å². The Morgan fingerprint density at radius 3 is 2.57 bits per heavy atom. The maximum Gasteiger partial charge on any atom is 0.292 e. The van der Waals surface area contributed by atoms with Gasteiger partial charge in [-0.1, -0.05) is 36.4 Å². The first-order valence-corrected chi connectivity index (χ1v) is 10.2. The number of likely N-dealkylation sites (tertiary alicyclic amines) is 1. The van der Waals surface area contributed by atoms with Gasteiger partial charge < -0.3 is 19.7 Å². The van der Waals surface area contributed by atoms with Crippen LogP contribution >= 0.6 is 0 Å². The van der Waals surface area contributed by atoms with E-state index >= 15 is 0 Å². The molecule has 0 unspecified atom stereocenters. The van der Waals surface area contributed by atoms with Crippen molar-refractivity contribution in [3.8, 4) is 0 Å². The molecule has 2 atom stereocenters. The van der Waals surface area contributed by atoms with Crippen LogP contribution in [0.2, 0.25) is 0 Å². The lowest BCUT2D eigenvalue weighted by molar-refractivity contribution is -0.134. The largest absolute Gasteiger partial charge is 0.491 e. The van der Waals surface area contributed by atoms with E-state index in [1.54, 1.807) is 36.2 Å². The highest BCUT2D eigenvalue weighted by Crippen LogP contribution is 2.30. The molecule has 0 aliphatic carbocycles. The third-order valence-electron chi connectivity index (χ3n) is 5.50. The highest BCUT2D eigenvalue weighted by atomic mass is 16.6. The quantitative estimate of drug-likeness (QED) is 0.842. The fourth-order valence-corrected chi connectivity index (χ4v) is 3.98. The standard InChI is InChI=1S/C23H25N3O4/c1-16-21(30-14-13-29-16)23(28)26-12-10-18(17-7-3-2-4-8-17)20(15-26)25-22(27)19-9-5-6-11-24-19/h2-9,11,18,20H,10,12-15H2,1H3,(H,25,27)/t18-,20-/m0/s1. The van der Waals surface area contributed by atoms with Gasteiger partial charge in [0.15, 0.2) is 0 Å². The molecule has 4 rings (SSSR count). The predicted molar refractivity (Wildman–Crippen MR) is 110 cm³/mol. The molecule has 0 saturated carbocycles. The van der Waals surface area contributed by atoms with Gasteiger partial charge in [-0.15, -0.1) is 0 Å².